The molecule has 1 heterocycles. The Labute approximate surface area is 189 Å². The molecule has 0 radical (unpaired) electrons. The summed E-state index contributed by atoms with van der Waals surface area (Å²) >= 11 is 5.85. The third-order valence-corrected chi connectivity index (χ3v) is 6.31. The number of hydrazone groups is 1. The lowest BCUT2D eigenvalue weighted by molar-refractivity contribution is 0.307. The average Bonchev–Trinajstić information content (AvgIpc) is 3.22. The molecule has 5 rings (SSSR count). The van der Waals surface area contributed by atoms with Crippen molar-refractivity contribution >= 4 is 34.8 Å². The van der Waals surface area contributed by atoms with E-state index in [2.05, 4.69) is 72.1 Å². The number of fused-ring (bicyclic) bond motifs is 1. The number of hydrogen-bond acceptors (Lipinski definition) is 2. The molecule has 2 aliphatic rings. The van der Waals surface area contributed by atoms with Gasteiger partial charge in [0.2, 0.25) is 0 Å². The van der Waals surface area contributed by atoms with Gasteiger partial charge in [-0.3, -0.25) is 0 Å². The Hall–Kier alpha value is -3.24. The summed E-state index contributed by atoms with van der Waals surface area (Å²) in [5.41, 5.74) is 5.97. The van der Waals surface area contributed by atoms with Gasteiger partial charge < -0.3 is 5.32 Å². The van der Waals surface area contributed by atoms with Crippen LogP contribution >= 0.6 is 12.2 Å². The molecule has 1 N–H and O–H groups in total. The van der Waals surface area contributed by atoms with Gasteiger partial charge in [-0.1, -0.05) is 78.9 Å². The van der Waals surface area contributed by atoms with Crippen molar-refractivity contribution in [2.24, 2.45) is 11.0 Å². The molecule has 3 nitrogen and oxygen atoms in total. The predicted octanol–water partition coefficient (Wildman–Crippen LogP) is 6.68. The highest BCUT2D eigenvalue weighted by Crippen LogP contribution is 2.44. The van der Waals surface area contributed by atoms with Crippen LogP contribution in [0.15, 0.2) is 102 Å². The SMILES string of the molecule is S=C(Nc1ccccc1)N1N=C2/C(=C\c3ccccc3)CCCC2C1c1ccccc1. The minimum Gasteiger partial charge on any atom is -0.331 e. The number of rotatable bonds is 3. The smallest absolute Gasteiger partial charge is 0.194 e. The largest absolute Gasteiger partial charge is 0.331 e. The van der Waals surface area contributed by atoms with E-state index in [1.165, 1.54) is 28.8 Å². The summed E-state index contributed by atoms with van der Waals surface area (Å²) in [6.45, 7) is 0. The van der Waals surface area contributed by atoms with Gasteiger partial charge in [0.1, 0.15) is 0 Å². The van der Waals surface area contributed by atoms with Crippen molar-refractivity contribution in [1.82, 2.24) is 5.01 Å². The molecule has 31 heavy (non-hydrogen) atoms. The fourth-order valence-corrected chi connectivity index (χ4v) is 4.88. The van der Waals surface area contributed by atoms with Crippen LogP contribution in [0.1, 0.15) is 36.4 Å². The highest BCUT2D eigenvalue weighted by molar-refractivity contribution is 7.80. The Morgan fingerprint density at radius 3 is 2.26 bits per heavy atom. The van der Waals surface area contributed by atoms with Crippen LogP contribution in [0.25, 0.3) is 6.08 Å². The lowest BCUT2D eigenvalue weighted by Gasteiger charge is -2.30. The van der Waals surface area contributed by atoms with Gasteiger partial charge in [-0.2, -0.15) is 5.10 Å². The summed E-state index contributed by atoms with van der Waals surface area (Å²) < 4.78 is 0. The molecule has 0 amide bonds. The number of nitrogens with zero attached hydrogens (tertiary/aromatic N) is 2. The van der Waals surface area contributed by atoms with Crippen LogP contribution in [-0.4, -0.2) is 15.8 Å². The molecule has 4 heteroatoms. The maximum atomic E-state index is 5.85. The van der Waals surface area contributed by atoms with Crippen LogP contribution in [0.5, 0.6) is 0 Å². The van der Waals surface area contributed by atoms with Crippen LogP contribution in [0, 0.1) is 5.92 Å². The number of allylic oxidation sites excluding steroid dienone is 1. The highest BCUT2D eigenvalue weighted by atomic mass is 32.1. The monoisotopic (exact) mass is 423 g/mol. The fraction of sp³-hybridized carbons (Fsp3) is 0.185. The summed E-state index contributed by atoms with van der Waals surface area (Å²) in [5.74, 6) is 0.335. The second-order valence-corrected chi connectivity index (χ2v) is 8.45. The summed E-state index contributed by atoms with van der Waals surface area (Å²) in [7, 11) is 0. The molecule has 3 aromatic carbocycles. The standard InChI is InChI=1S/C27H25N3S/c31-27(28-23-16-8-3-9-17-23)30-26(21-13-6-2-7-14-21)24-18-10-15-22(25(24)29-30)19-20-11-4-1-5-12-20/h1-9,11-14,16-17,19,24,26H,10,15,18H2,(H,28,31)/b22-19-. The third-order valence-electron chi connectivity index (χ3n) is 6.02. The predicted molar refractivity (Wildman–Crippen MR) is 133 cm³/mol. The summed E-state index contributed by atoms with van der Waals surface area (Å²) in [6.07, 6.45) is 5.63. The lowest BCUT2D eigenvalue weighted by Crippen LogP contribution is -2.34. The first kappa shape index (κ1) is 19.7. The van der Waals surface area contributed by atoms with Crippen molar-refractivity contribution in [1.29, 1.82) is 0 Å². The second kappa shape index (κ2) is 8.86. The van der Waals surface area contributed by atoms with Gasteiger partial charge in [0.05, 0.1) is 11.8 Å². The summed E-state index contributed by atoms with van der Waals surface area (Å²) in [4.78, 5) is 0. The van der Waals surface area contributed by atoms with Crippen LogP contribution in [0.2, 0.25) is 0 Å². The van der Waals surface area contributed by atoms with Crippen LogP contribution in [-0.2, 0) is 0 Å². The van der Waals surface area contributed by atoms with Crippen LogP contribution in [0.4, 0.5) is 5.69 Å². The molecule has 1 fully saturated rings. The minimum atomic E-state index is 0.111. The summed E-state index contributed by atoms with van der Waals surface area (Å²) in [6, 6.07) is 31.4. The molecule has 0 spiro atoms. The molecule has 3 aromatic rings. The molecule has 2 unspecified atom stereocenters. The van der Waals surface area contributed by atoms with E-state index in [0.717, 1.165) is 18.5 Å². The Bertz CT molecular complexity index is 1110. The molecule has 0 saturated heterocycles. The van der Waals surface area contributed by atoms with E-state index in [4.69, 9.17) is 17.3 Å². The van der Waals surface area contributed by atoms with Crippen LogP contribution < -0.4 is 5.32 Å². The van der Waals surface area contributed by atoms with Crippen molar-refractivity contribution < 1.29 is 0 Å². The Balaban J connectivity index is 1.52. The number of hydrogen-bond donors (Lipinski definition) is 1. The van der Waals surface area contributed by atoms with Crippen molar-refractivity contribution in [3.8, 4) is 0 Å². The Morgan fingerprint density at radius 2 is 1.55 bits per heavy atom. The van der Waals surface area contributed by atoms with E-state index in [9.17, 15) is 0 Å². The first-order chi connectivity index (χ1) is 15.3. The molecular weight excluding hydrogens is 398 g/mol. The van der Waals surface area contributed by atoms with Gasteiger partial charge in [0.25, 0.3) is 0 Å². The van der Waals surface area contributed by atoms with Crippen molar-refractivity contribution in [2.45, 2.75) is 25.3 Å². The third kappa shape index (κ3) is 4.17. The average molecular weight is 424 g/mol. The van der Waals surface area contributed by atoms with Crippen molar-refractivity contribution in [3.63, 3.8) is 0 Å². The fourth-order valence-electron chi connectivity index (χ4n) is 4.60. The Kier molecular flexibility index (Phi) is 5.63. The van der Waals surface area contributed by atoms with Gasteiger partial charge in [-0.05, 0) is 66.4 Å². The topological polar surface area (TPSA) is 27.6 Å². The number of para-hydroxylation sites is 1. The number of nitrogens with one attached hydrogen (secondary N) is 1. The Morgan fingerprint density at radius 1 is 0.903 bits per heavy atom. The first-order valence-corrected chi connectivity index (χ1v) is 11.2. The quantitative estimate of drug-likeness (QED) is 0.476. The zero-order valence-electron chi connectivity index (χ0n) is 17.3. The van der Waals surface area contributed by atoms with Gasteiger partial charge in [-0.25, -0.2) is 5.01 Å². The van der Waals surface area contributed by atoms with Crippen LogP contribution in [0.3, 0.4) is 0 Å². The second-order valence-electron chi connectivity index (χ2n) is 8.06. The molecule has 1 aliphatic heterocycles. The molecular formula is C27H25N3S. The number of anilines is 1. The van der Waals surface area contributed by atoms with Gasteiger partial charge in [0, 0.05) is 11.6 Å². The van der Waals surface area contributed by atoms with Crippen molar-refractivity contribution in [3.05, 3.63) is 108 Å². The first-order valence-electron chi connectivity index (χ1n) is 10.8. The van der Waals surface area contributed by atoms with Gasteiger partial charge >= 0.3 is 0 Å². The highest BCUT2D eigenvalue weighted by Gasteiger charge is 2.42. The minimum absolute atomic E-state index is 0.111. The van der Waals surface area contributed by atoms with E-state index < -0.39 is 0 Å². The molecule has 2 atom stereocenters. The maximum Gasteiger partial charge on any atom is 0.194 e. The summed E-state index contributed by atoms with van der Waals surface area (Å²) in [5, 5.41) is 11.2. The number of benzene rings is 3. The molecule has 0 aromatic heterocycles. The zero-order valence-corrected chi connectivity index (χ0v) is 18.1. The zero-order chi connectivity index (χ0) is 21.0. The van der Waals surface area contributed by atoms with E-state index >= 15 is 0 Å². The molecule has 1 saturated carbocycles. The normalized spacial score (nSPS) is 21.5. The van der Waals surface area contributed by atoms with E-state index in [0.29, 0.717) is 11.0 Å². The number of thiocarbonyl (C=S) groups is 1. The molecule has 0 bridgehead atoms. The van der Waals surface area contributed by atoms with Crippen molar-refractivity contribution in [2.75, 3.05) is 5.32 Å². The van der Waals surface area contributed by atoms with E-state index in [1.54, 1.807) is 0 Å². The van der Waals surface area contributed by atoms with Gasteiger partial charge in [0.15, 0.2) is 5.11 Å². The molecule has 154 valence electrons. The van der Waals surface area contributed by atoms with E-state index in [1.807, 2.05) is 35.3 Å². The van der Waals surface area contributed by atoms with Gasteiger partial charge in [-0.15, -0.1) is 0 Å². The van der Waals surface area contributed by atoms with E-state index in [-0.39, 0.29) is 6.04 Å². The lowest BCUT2D eigenvalue weighted by atomic mass is 9.77. The maximum absolute atomic E-state index is 5.85. The molecule has 1 aliphatic carbocycles.